The number of nitrogens with one attached hydrogen (secondary N) is 1. The maximum atomic E-state index is 7.81. The summed E-state index contributed by atoms with van der Waals surface area (Å²) in [6.07, 6.45) is 7.80. The number of aryl methyl sites for hydroxylation is 1. The third-order valence-electron chi connectivity index (χ3n) is 4.57. The quantitative estimate of drug-likeness (QED) is 0.622. The van der Waals surface area contributed by atoms with Crippen LogP contribution in [0.1, 0.15) is 55.7 Å². The lowest BCUT2D eigenvalue weighted by Gasteiger charge is -2.16. The summed E-state index contributed by atoms with van der Waals surface area (Å²) in [6, 6.07) is 6.29. The van der Waals surface area contributed by atoms with Crippen LogP contribution in [0.3, 0.4) is 0 Å². The van der Waals surface area contributed by atoms with Gasteiger partial charge in [0.25, 0.3) is 0 Å². The van der Waals surface area contributed by atoms with Crippen LogP contribution in [0.15, 0.2) is 40.5 Å². The highest BCUT2D eigenvalue weighted by Gasteiger charge is 2.20. The molecule has 1 aliphatic carbocycles. The van der Waals surface area contributed by atoms with E-state index in [1.54, 1.807) is 6.20 Å². The second-order valence-electron chi connectivity index (χ2n) is 7.18. The van der Waals surface area contributed by atoms with Crippen LogP contribution in [0, 0.1) is 18.3 Å². The molecular formula is C21H30N4. The van der Waals surface area contributed by atoms with Gasteiger partial charge in [0.2, 0.25) is 0 Å². The summed E-state index contributed by atoms with van der Waals surface area (Å²) in [5.41, 5.74) is 17.9. The molecule has 0 radical (unpaired) electrons. The van der Waals surface area contributed by atoms with Crippen molar-refractivity contribution < 1.29 is 0 Å². The van der Waals surface area contributed by atoms with Gasteiger partial charge in [-0.05, 0) is 54.5 Å². The molecule has 134 valence electrons. The van der Waals surface area contributed by atoms with Crippen molar-refractivity contribution in [3.05, 3.63) is 52.2 Å². The number of rotatable bonds is 8. The van der Waals surface area contributed by atoms with Crippen molar-refractivity contribution in [2.24, 2.45) is 22.4 Å². The van der Waals surface area contributed by atoms with Gasteiger partial charge in [-0.3, -0.25) is 4.99 Å². The Labute approximate surface area is 151 Å². The monoisotopic (exact) mass is 338 g/mol. The van der Waals surface area contributed by atoms with Crippen molar-refractivity contribution in [3.8, 4) is 0 Å². The zero-order valence-electron chi connectivity index (χ0n) is 15.5. The zero-order valence-corrected chi connectivity index (χ0v) is 15.5. The molecule has 4 nitrogen and oxygen atoms in total. The summed E-state index contributed by atoms with van der Waals surface area (Å²) in [7, 11) is 0. The average Bonchev–Trinajstić information content (AvgIpc) is 3.41. The molecule has 0 bridgehead atoms. The molecule has 1 fully saturated rings. The highest BCUT2D eigenvalue weighted by Crippen LogP contribution is 2.29. The van der Waals surface area contributed by atoms with Crippen LogP contribution in [-0.4, -0.2) is 19.0 Å². The Morgan fingerprint density at radius 1 is 1.36 bits per heavy atom. The van der Waals surface area contributed by atoms with E-state index in [0.29, 0.717) is 18.0 Å². The second-order valence-corrected chi connectivity index (χ2v) is 7.18. The van der Waals surface area contributed by atoms with E-state index in [-0.39, 0.29) is 0 Å². The first-order chi connectivity index (χ1) is 12.0. The molecule has 0 aromatic heterocycles. The van der Waals surface area contributed by atoms with E-state index in [4.69, 9.17) is 16.9 Å². The molecule has 1 aromatic rings. The number of hydrogen-bond acceptors (Lipinski definition) is 4. The summed E-state index contributed by atoms with van der Waals surface area (Å²) < 4.78 is 0. The van der Waals surface area contributed by atoms with E-state index in [1.165, 1.54) is 30.2 Å². The fourth-order valence-corrected chi connectivity index (χ4v) is 2.79. The van der Waals surface area contributed by atoms with Crippen LogP contribution in [0.2, 0.25) is 0 Å². The second kappa shape index (κ2) is 8.65. The van der Waals surface area contributed by atoms with Crippen molar-refractivity contribution in [1.29, 1.82) is 5.41 Å². The summed E-state index contributed by atoms with van der Waals surface area (Å²) in [5, 5.41) is 7.81. The van der Waals surface area contributed by atoms with Crippen molar-refractivity contribution in [1.82, 2.24) is 0 Å². The highest BCUT2D eigenvalue weighted by atomic mass is 14.7. The Kier molecular flexibility index (Phi) is 6.57. The smallest absolute Gasteiger partial charge is 0.0441 e. The van der Waals surface area contributed by atoms with Gasteiger partial charge in [0.05, 0.1) is 0 Å². The predicted octanol–water partition coefficient (Wildman–Crippen LogP) is 4.15. The lowest BCUT2D eigenvalue weighted by molar-refractivity contribution is 0.851. The Balaban J connectivity index is 2.27. The largest absolute Gasteiger partial charge is 0.404 e. The Bertz CT molecular complexity index is 707. The zero-order chi connectivity index (χ0) is 18.4. The molecule has 1 saturated carbocycles. The molecule has 0 spiro atoms. The number of nitrogens with two attached hydrogens (primary N) is 2. The van der Waals surface area contributed by atoms with Gasteiger partial charge >= 0.3 is 0 Å². The van der Waals surface area contributed by atoms with Gasteiger partial charge in [-0.25, -0.2) is 0 Å². The van der Waals surface area contributed by atoms with Gasteiger partial charge in [-0.1, -0.05) is 37.6 Å². The minimum atomic E-state index is 0.366. The number of nitrogens with zero attached hydrogens (tertiary/aromatic N) is 1. The average molecular weight is 338 g/mol. The summed E-state index contributed by atoms with van der Waals surface area (Å²) in [5.74, 6) is 1.12. The van der Waals surface area contributed by atoms with Crippen LogP contribution < -0.4 is 11.5 Å². The Morgan fingerprint density at radius 3 is 2.64 bits per heavy atom. The van der Waals surface area contributed by atoms with E-state index in [2.05, 4.69) is 44.0 Å². The van der Waals surface area contributed by atoms with Gasteiger partial charge < -0.3 is 16.9 Å². The first-order valence-electron chi connectivity index (χ1n) is 8.96. The Morgan fingerprint density at radius 2 is 2.08 bits per heavy atom. The third-order valence-corrected chi connectivity index (χ3v) is 4.57. The van der Waals surface area contributed by atoms with E-state index < -0.39 is 0 Å². The standard InChI is InChI=1S/C21H30N4/c1-14(2)20-8-15(3)4-7-19(20)21(24)18(11-23)9-17(10-22)13-25-12-16-5-6-16/h4,7-8,10-11,13-14,16,23H,5-6,9,12,22,24H2,1-3H3. The predicted molar refractivity (Wildman–Crippen MR) is 108 cm³/mol. The maximum Gasteiger partial charge on any atom is 0.0441 e. The van der Waals surface area contributed by atoms with Gasteiger partial charge in [0, 0.05) is 36.7 Å². The van der Waals surface area contributed by atoms with Crippen LogP contribution in [0.5, 0.6) is 0 Å². The number of benzene rings is 1. The molecule has 25 heavy (non-hydrogen) atoms. The fourth-order valence-electron chi connectivity index (χ4n) is 2.79. The van der Waals surface area contributed by atoms with E-state index >= 15 is 0 Å². The molecule has 5 N–H and O–H groups in total. The first-order valence-corrected chi connectivity index (χ1v) is 8.96. The molecular weight excluding hydrogens is 308 g/mol. The summed E-state index contributed by atoms with van der Waals surface area (Å²) in [4.78, 5) is 4.47. The van der Waals surface area contributed by atoms with Crippen molar-refractivity contribution in [3.63, 3.8) is 0 Å². The van der Waals surface area contributed by atoms with Crippen molar-refractivity contribution in [2.45, 2.75) is 46.0 Å². The molecule has 0 saturated heterocycles. The molecule has 0 unspecified atom stereocenters. The van der Waals surface area contributed by atoms with Gasteiger partial charge in [0.1, 0.15) is 0 Å². The molecule has 4 heteroatoms. The minimum Gasteiger partial charge on any atom is -0.404 e. The fraction of sp³-hybridized carbons (Fsp3) is 0.429. The van der Waals surface area contributed by atoms with Crippen LogP contribution in [-0.2, 0) is 0 Å². The molecule has 0 atom stereocenters. The summed E-state index contributed by atoms with van der Waals surface area (Å²) >= 11 is 0. The van der Waals surface area contributed by atoms with Crippen LogP contribution >= 0.6 is 0 Å². The van der Waals surface area contributed by atoms with Crippen molar-refractivity contribution in [2.75, 3.05) is 6.54 Å². The molecule has 0 aliphatic heterocycles. The normalized spacial score (nSPS) is 16.4. The highest BCUT2D eigenvalue weighted by molar-refractivity contribution is 5.92. The van der Waals surface area contributed by atoms with Crippen LogP contribution in [0.4, 0.5) is 0 Å². The van der Waals surface area contributed by atoms with Crippen molar-refractivity contribution >= 4 is 18.1 Å². The Hall–Kier alpha value is -2.36. The number of allylic oxidation sites excluding steroid dienone is 2. The summed E-state index contributed by atoms with van der Waals surface area (Å²) in [6.45, 7) is 7.27. The number of hydrogen-bond donors (Lipinski definition) is 3. The minimum absolute atomic E-state index is 0.366. The molecule has 0 amide bonds. The van der Waals surface area contributed by atoms with Crippen LogP contribution in [0.25, 0.3) is 5.70 Å². The number of aliphatic imine (C=N–C) groups is 1. The van der Waals surface area contributed by atoms with Gasteiger partial charge in [-0.2, -0.15) is 0 Å². The molecule has 2 rings (SSSR count). The SMILES string of the molecule is Cc1ccc(C(N)=C(C=N)CC(C=NCC2CC2)=CN)c(C(C)C)c1. The van der Waals surface area contributed by atoms with E-state index in [0.717, 1.165) is 29.2 Å². The molecule has 1 aromatic carbocycles. The maximum absolute atomic E-state index is 7.81. The third kappa shape index (κ3) is 5.31. The molecule has 1 aliphatic rings. The molecule has 0 heterocycles. The van der Waals surface area contributed by atoms with E-state index in [1.807, 2.05) is 6.21 Å². The lowest BCUT2D eigenvalue weighted by Crippen LogP contribution is -2.08. The van der Waals surface area contributed by atoms with E-state index in [9.17, 15) is 0 Å². The topological polar surface area (TPSA) is 88.2 Å². The lowest BCUT2D eigenvalue weighted by atomic mass is 9.91. The van der Waals surface area contributed by atoms with Gasteiger partial charge in [0.15, 0.2) is 0 Å². The van der Waals surface area contributed by atoms with Gasteiger partial charge in [-0.15, -0.1) is 0 Å². The first kappa shape index (κ1) is 19.0.